The lowest BCUT2D eigenvalue weighted by Crippen LogP contribution is -2.22. The molecule has 0 bridgehead atoms. The van der Waals surface area contributed by atoms with E-state index in [1.807, 2.05) is 6.92 Å². The first-order valence-corrected chi connectivity index (χ1v) is 9.22. The summed E-state index contributed by atoms with van der Waals surface area (Å²) in [7, 11) is 1.49. The molecule has 2 heterocycles. The van der Waals surface area contributed by atoms with Gasteiger partial charge in [0.25, 0.3) is 11.8 Å². The summed E-state index contributed by atoms with van der Waals surface area (Å²) < 4.78 is 0. The number of aryl methyl sites for hydroxylation is 2. The maximum absolute atomic E-state index is 12.8. The van der Waals surface area contributed by atoms with Gasteiger partial charge in [0.15, 0.2) is 0 Å². The minimum absolute atomic E-state index is 0.202. The number of hydrogen-bond donors (Lipinski definition) is 4. The third-order valence-electron chi connectivity index (χ3n) is 4.28. The molecule has 0 radical (unpaired) electrons. The molecule has 4 N–H and O–H groups in total. The number of aliphatic hydroxyl groups excluding tert-OH is 1. The van der Waals surface area contributed by atoms with Crippen molar-refractivity contribution < 1.29 is 14.7 Å². The van der Waals surface area contributed by atoms with Crippen LogP contribution in [0.4, 0.5) is 17.3 Å². The number of nitrogens with one attached hydrogen (secondary N) is 3. The third kappa shape index (κ3) is 4.76. The van der Waals surface area contributed by atoms with Crippen LogP contribution in [-0.4, -0.2) is 38.9 Å². The summed E-state index contributed by atoms with van der Waals surface area (Å²) >= 11 is 0. The van der Waals surface area contributed by atoms with E-state index in [-0.39, 0.29) is 17.9 Å². The summed E-state index contributed by atoms with van der Waals surface area (Å²) in [5, 5.41) is 17.8. The Balaban J connectivity index is 1.95. The fourth-order valence-electron chi connectivity index (χ4n) is 2.92. The number of amides is 2. The predicted molar refractivity (Wildman–Crippen MR) is 113 cm³/mol. The molecular formula is C21H22N6O3. The second-order valence-electron chi connectivity index (χ2n) is 6.53. The molecule has 0 aliphatic heterocycles. The molecule has 30 heavy (non-hydrogen) atoms. The molecule has 1 aromatic carbocycles. The van der Waals surface area contributed by atoms with E-state index >= 15 is 0 Å². The Morgan fingerprint density at radius 1 is 1.00 bits per heavy atom. The van der Waals surface area contributed by atoms with Gasteiger partial charge in [0.2, 0.25) is 0 Å². The number of pyridine rings is 1. The van der Waals surface area contributed by atoms with Gasteiger partial charge < -0.3 is 21.1 Å². The van der Waals surface area contributed by atoms with Crippen LogP contribution in [0.5, 0.6) is 0 Å². The Kier molecular flexibility index (Phi) is 6.33. The van der Waals surface area contributed by atoms with Crippen molar-refractivity contribution in [1.29, 1.82) is 0 Å². The van der Waals surface area contributed by atoms with Gasteiger partial charge in [-0.2, -0.15) is 0 Å². The van der Waals surface area contributed by atoms with Crippen molar-refractivity contribution in [1.82, 2.24) is 20.3 Å². The largest absolute Gasteiger partial charge is 0.392 e. The molecule has 9 heteroatoms. The first-order valence-electron chi connectivity index (χ1n) is 9.22. The van der Waals surface area contributed by atoms with Crippen LogP contribution in [0.15, 0.2) is 42.6 Å². The van der Waals surface area contributed by atoms with Crippen LogP contribution in [0, 0.1) is 13.8 Å². The lowest BCUT2D eigenvalue weighted by Gasteiger charge is -2.14. The highest BCUT2D eigenvalue weighted by Gasteiger charge is 2.17. The number of nitrogens with zero attached hydrogens (tertiary/aromatic N) is 3. The highest BCUT2D eigenvalue weighted by Crippen LogP contribution is 2.23. The van der Waals surface area contributed by atoms with Gasteiger partial charge in [-0.1, -0.05) is 18.2 Å². The van der Waals surface area contributed by atoms with Crippen LogP contribution < -0.4 is 16.0 Å². The second-order valence-corrected chi connectivity index (χ2v) is 6.53. The summed E-state index contributed by atoms with van der Waals surface area (Å²) in [6.07, 6.45) is 1.37. The van der Waals surface area contributed by atoms with Gasteiger partial charge in [-0.15, -0.1) is 0 Å². The van der Waals surface area contributed by atoms with E-state index in [0.29, 0.717) is 28.6 Å². The van der Waals surface area contributed by atoms with E-state index < -0.39 is 11.8 Å². The zero-order chi connectivity index (χ0) is 21.7. The topological polar surface area (TPSA) is 129 Å². The molecule has 0 spiro atoms. The molecule has 0 aliphatic carbocycles. The van der Waals surface area contributed by atoms with Crippen molar-refractivity contribution in [3.8, 4) is 0 Å². The third-order valence-corrected chi connectivity index (χ3v) is 4.28. The summed E-state index contributed by atoms with van der Waals surface area (Å²) in [5.41, 5.74) is 2.06. The van der Waals surface area contributed by atoms with E-state index in [4.69, 9.17) is 0 Å². The van der Waals surface area contributed by atoms with E-state index in [1.165, 1.54) is 13.2 Å². The zero-order valence-electron chi connectivity index (χ0n) is 16.9. The van der Waals surface area contributed by atoms with Gasteiger partial charge in [-0.25, -0.2) is 15.0 Å². The molecule has 2 aromatic heterocycles. The average Bonchev–Trinajstić information content (AvgIpc) is 2.72. The quantitative estimate of drug-likeness (QED) is 0.494. The van der Waals surface area contributed by atoms with E-state index in [2.05, 4.69) is 30.9 Å². The number of aliphatic hydroxyl groups is 1. The van der Waals surface area contributed by atoms with Crippen LogP contribution in [0.3, 0.4) is 0 Å². The van der Waals surface area contributed by atoms with Crippen molar-refractivity contribution in [2.24, 2.45) is 0 Å². The molecule has 2 amide bonds. The molecule has 0 unspecified atom stereocenters. The first-order chi connectivity index (χ1) is 14.4. The van der Waals surface area contributed by atoms with Crippen LogP contribution in [0.25, 0.3) is 0 Å². The summed E-state index contributed by atoms with van der Waals surface area (Å²) in [6.45, 7) is 3.36. The maximum atomic E-state index is 12.8. The minimum Gasteiger partial charge on any atom is -0.392 e. The molecule has 154 valence electrons. The molecule has 0 aliphatic rings. The summed E-state index contributed by atoms with van der Waals surface area (Å²) in [5.74, 6) is 0.701. The van der Waals surface area contributed by atoms with Gasteiger partial charge in [0.05, 0.1) is 17.9 Å². The normalized spacial score (nSPS) is 10.4. The van der Waals surface area contributed by atoms with E-state index in [1.54, 1.807) is 43.3 Å². The monoisotopic (exact) mass is 406 g/mol. The zero-order valence-corrected chi connectivity index (χ0v) is 16.9. The fourth-order valence-corrected chi connectivity index (χ4v) is 2.92. The minimum atomic E-state index is -0.448. The second kappa shape index (κ2) is 9.10. The number of aromatic nitrogens is 3. The van der Waals surface area contributed by atoms with E-state index in [9.17, 15) is 14.7 Å². The van der Waals surface area contributed by atoms with Gasteiger partial charge in [0.1, 0.15) is 17.5 Å². The summed E-state index contributed by atoms with van der Waals surface area (Å²) in [4.78, 5) is 37.8. The molecule has 0 saturated carbocycles. The average molecular weight is 406 g/mol. The van der Waals surface area contributed by atoms with Gasteiger partial charge in [-0.05, 0) is 25.5 Å². The van der Waals surface area contributed by atoms with Crippen molar-refractivity contribution in [3.63, 3.8) is 0 Å². The smallest absolute Gasteiger partial charge is 0.256 e. The number of benzene rings is 1. The Morgan fingerprint density at radius 2 is 1.77 bits per heavy atom. The van der Waals surface area contributed by atoms with Crippen molar-refractivity contribution in [2.45, 2.75) is 20.5 Å². The molecule has 0 saturated heterocycles. The Morgan fingerprint density at radius 3 is 2.47 bits per heavy atom. The van der Waals surface area contributed by atoms with Crippen LogP contribution in [0.2, 0.25) is 0 Å². The first kappa shape index (κ1) is 20.9. The highest BCUT2D eigenvalue weighted by molar-refractivity contribution is 6.09. The standard InChI is InChI=1S/C21H22N6O3/c1-12-8-19(25-13(2)24-12)27-18-9-17(16(10-23-18)20(29)22-3)26-21(30)15-7-5-4-6-14(15)11-28/h4-10,28H,11H2,1-3H3,(H,22,29)(H2,23,24,25,26,27,30). The number of carbonyl (C=O) groups is 2. The lowest BCUT2D eigenvalue weighted by molar-refractivity contribution is 0.0963. The van der Waals surface area contributed by atoms with Crippen LogP contribution in [-0.2, 0) is 6.61 Å². The van der Waals surface area contributed by atoms with E-state index in [0.717, 1.165) is 5.69 Å². The van der Waals surface area contributed by atoms with Crippen LogP contribution >= 0.6 is 0 Å². The SMILES string of the molecule is CNC(=O)c1cnc(Nc2cc(C)nc(C)n2)cc1NC(=O)c1ccccc1CO. The van der Waals surface area contributed by atoms with Crippen molar-refractivity contribution in [3.05, 3.63) is 70.8 Å². The number of carbonyl (C=O) groups excluding carboxylic acids is 2. The van der Waals surface area contributed by atoms with Gasteiger partial charge >= 0.3 is 0 Å². The maximum Gasteiger partial charge on any atom is 0.256 e. The number of anilines is 3. The number of hydrogen-bond acceptors (Lipinski definition) is 7. The van der Waals surface area contributed by atoms with Gasteiger partial charge in [-0.3, -0.25) is 9.59 Å². The highest BCUT2D eigenvalue weighted by atomic mass is 16.3. The molecule has 9 nitrogen and oxygen atoms in total. The fraction of sp³-hybridized carbons (Fsp3) is 0.190. The Labute approximate surface area is 173 Å². The predicted octanol–water partition coefficient (Wildman–Crippen LogP) is 2.34. The summed E-state index contributed by atoms with van der Waals surface area (Å²) in [6, 6.07) is 10.0. The molecule has 0 atom stereocenters. The molecule has 0 fully saturated rings. The molecule has 3 aromatic rings. The van der Waals surface area contributed by atoms with Gasteiger partial charge in [0, 0.05) is 36.6 Å². The molecular weight excluding hydrogens is 384 g/mol. The Hall–Kier alpha value is -3.85. The number of rotatable bonds is 6. The van der Waals surface area contributed by atoms with Crippen molar-refractivity contribution >= 4 is 29.1 Å². The lowest BCUT2D eigenvalue weighted by atomic mass is 10.1. The van der Waals surface area contributed by atoms with Crippen molar-refractivity contribution in [2.75, 3.05) is 17.7 Å². The Bertz CT molecular complexity index is 1080. The van der Waals surface area contributed by atoms with Crippen LogP contribution in [0.1, 0.15) is 37.8 Å². The molecule has 3 rings (SSSR count).